The molecule has 0 aromatic carbocycles. The molecule has 0 aliphatic carbocycles. The highest BCUT2D eigenvalue weighted by Crippen LogP contribution is 2.13. The number of aromatic nitrogens is 3. The first-order valence-corrected chi connectivity index (χ1v) is 12.6. The molecule has 3 aromatic heterocycles. The lowest BCUT2D eigenvalue weighted by atomic mass is 10.0. The lowest BCUT2D eigenvalue weighted by Crippen LogP contribution is -2.51. The smallest absolute Gasteiger partial charge is 0.274 e. The fraction of sp³-hybridized carbons (Fsp3) is 0.360. The van der Waals surface area contributed by atoms with E-state index in [1.54, 1.807) is 41.1 Å². The molecular weight excluding hydrogens is 512 g/mol. The van der Waals surface area contributed by atoms with Gasteiger partial charge in [-0.25, -0.2) is 4.98 Å². The van der Waals surface area contributed by atoms with Gasteiger partial charge in [0.05, 0.1) is 11.6 Å². The number of anilines is 1. The molecule has 4 rings (SSSR count). The second kappa shape index (κ2) is 11.9. The summed E-state index contributed by atoms with van der Waals surface area (Å²) in [5.41, 5.74) is 1.46. The molecule has 200 valence electrons. The Kier molecular flexibility index (Phi) is 8.41. The molecule has 2 bridgehead atoms. The molecule has 0 fully saturated rings. The Morgan fingerprint density at radius 2 is 1.84 bits per heavy atom. The second-order valence-corrected chi connectivity index (χ2v) is 9.59. The summed E-state index contributed by atoms with van der Waals surface area (Å²) in [4.78, 5) is 61.6. The monoisotopic (exact) mass is 540 g/mol. The highest BCUT2D eigenvalue weighted by Gasteiger charge is 2.26. The van der Waals surface area contributed by atoms with Crippen molar-refractivity contribution in [2.75, 3.05) is 38.0 Å². The van der Waals surface area contributed by atoms with Gasteiger partial charge in [0.25, 0.3) is 11.8 Å². The molecular formula is C25H29ClN8O4. The number of hydrogen-bond donors (Lipinski definition) is 4. The first kappa shape index (κ1) is 26.9. The first-order chi connectivity index (χ1) is 18.2. The van der Waals surface area contributed by atoms with E-state index in [1.807, 2.05) is 13.8 Å². The van der Waals surface area contributed by atoms with E-state index >= 15 is 0 Å². The zero-order valence-corrected chi connectivity index (χ0v) is 21.8. The third kappa shape index (κ3) is 6.57. The summed E-state index contributed by atoms with van der Waals surface area (Å²) in [5, 5.41) is 11.9. The molecule has 13 heteroatoms. The molecule has 0 saturated carbocycles. The van der Waals surface area contributed by atoms with Gasteiger partial charge in [-0.15, -0.1) is 0 Å². The van der Waals surface area contributed by atoms with Crippen LogP contribution in [-0.2, 0) is 9.59 Å². The summed E-state index contributed by atoms with van der Waals surface area (Å²) in [7, 11) is 0. The van der Waals surface area contributed by atoms with E-state index < -0.39 is 23.8 Å². The number of pyridine rings is 2. The standard InChI is InChI=1S/C25H29ClN8O4/c1-15(2)22-24(37)30-9-10-33(25(38)19-13-34-12-16(26)3-4-20(34)31-19)14-21(35)29-8-7-27-17-5-6-28-18(11-17)23(36)32-22/h3-6,11-13,15,22,27H,7-10,14H2,1-2H3,(H,29,35)(H,30,37)(H,32,36)/t22-/m0/s1. The molecule has 0 unspecified atom stereocenters. The minimum Gasteiger partial charge on any atom is -0.383 e. The van der Waals surface area contributed by atoms with Gasteiger partial charge in [0.1, 0.15) is 23.1 Å². The van der Waals surface area contributed by atoms with Crippen LogP contribution >= 0.6 is 11.6 Å². The quantitative estimate of drug-likeness (QED) is 0.378. The van der Waals surface area contributed by atoms with Crippen LogP contribution in [0.2, 0.25) is 5.02 Å². The average molecular weight is 541 g/mol. The number of carbonyl (C=O) groups excluding carboxylic acids is 4. The lowest BCUT2D eigenvalue weighted by molar-refractivity contribution is -0.124. The van der Waals surface area contributed by atoms with E-state index in [-0.39, 0.29) is 49.4 Å². The molecule has 3 aromatic rings. The van der Waals surface area contributed by atoms with Crippen molar-refractivity contribution in [2.45, 2.75) is 19.9 Å². The minimum absolute atomic E-state index is 0.0476. The number of nitrogens with one attached hydrogen (secondary N) is 4. The fourth-order valence-electron chi connectivity index (χ4n) is 3.96. The lowest BCUT2D eigenvalue weighted by Gasteiger charge is -2.24. The number of halogens is 1. The number of hydrogen-bond acceptors (Lipinski definition) is 7. The maximum Gasteiger partial charge on any atom is 0.274 e. The predicted octanol–water partition coefficient (Wildman–Crippen LogP) is 0.937. The van der Waals surface area contributed by atoms with Crippen molar-refractivity contribution < 1.29 is 19.2 Å². The zero-order valence-electron chi connectivity index (χ0n) is 21.0. The van der Waals surface area contributed by atoms with Gasteiger partial charge in [-0.1, -0.05) is 25.4 Å². The first-order valence-electron chi connectivity index (χ1n) is 12.2. The summed E-state index contributed by atoms with van der Waals surface area (Å²) < 4.78 is 1.63. The summed E-state index contributed by atoms with van der Waals surface area (Å²) in [5.74, 6) is -1.94. The van der Waals surface area contributed by atoms with Gasteiger partial charge < -0.3 is 30.6 Å². The van der Waals surface area contributed by atoms with Crippen LogP contribution in [0.15, 0.2) is 42.9 Å². The summed E-state index contributed by atoms with van der Waals surface area (Å²) in [6.45, 7) is 4.17. The van der Waals surface area contributed by atoms with Crippen LogP contribution < -0.4 is 21.3 Å². The van der Waals surface area contributed by atoms with Crippen LogP contribution in [0.1, 0.15) is 34.8 Å². The van der Waals surface area contributed by atoms with Crippen LogP contribution in [0.25, 0.3) is 5.65 Å². The molecule has 0 spiro atoms. The van der Waals surface area contributed by atoms with Crippen LogP contribution in [0.3, 0.4) is 0 Å². The van der Waals surface area contributed by atoms with Gasteiger partial charge in [0.15, 0.2) is 0 Å². The number of carbonyl (C=O) groups is 4. The molecule has 0 radical (unpaired) electrons. The van der Waals surface area contributed by atoms with Crippen LogP contribution in [-0.4, -0.2) is 81.7 Å². The second-order valence-electron chi connectivity index (χ2n) is 9.16. The van der Waals surface area contributed by atoms with Gasteiger partial charge in [-0.05, 0) is 30.2 Å². The summed E-state index contributed by atoms with van der Waals surface area (Å²) in [6, 6.07) is 5.79. The fourth-order valence-corrected chi connectivity index (χ4v) is 4.13. The number of imidazole rings is 1. The number of amides is 4. The van der Waals surface area contributed by atoms with Crippen LogP contribution in [0.4, 0.5) is 5.69 Å². The molecule has 4 N–H and O–H groups in total. The Labute approximate surface area is 224 Å². The van der Waals surface area contributed by atoms with Gasteiger partial charge >= 0.3 is 0 Å². The number of rotatable bonds is 2. The van der Waals surface area contributed by atoms with Gasteiger partial charge in [-0.2, -0.15) is 0 Å². The highest BCUT2D eigenvalue weighted by atomic mass is 35.5. The molecule has 1 atom stereocenters. The Balaban J connectivity index is 1.55. The third-order valence-electron chi connectivity index (χ3n) is 5.94. The number of fused-ring (bicyclic) bond motifs is 3. The van der Waals surface area contributed by atoms with Crippen molar-refractivity contribution in [1.82, 2.24) is 35.2 Å². The van der Waals surface area contributed by atoms with E-state index in [0.29, 0.717) is 22.9 Å². The van der Waals surface area contributed by atoms with Crippen LogP contribution in [0, 0.1) is 5.92 Å². The van der Waals surface area contributed by atoms with Crippen molar-refractivity contribution in [1.29, 1.82) is 0 Å². The van der Waals surface area contributed by atoms with Gasteiger partial charge in [-0.3, -0.25) is 24.2 Å². The topological polar surface area (TPSA) is 150 Å². The largest absolute Gasteiger partial charge is 0.383 e. The van der Waals surface area contributed by atoms with E-state index in [0.717, 1.165) is 0 Å². The van der Waals surface area contributed by atoms with Crippen molar-refractivity contribution in [3.05, 3.63) is 59.3 Å². The average Bonchev–Trinajstić information content (AvgIpc) is 3.31. The minimum atomic E-state index is -0.827. The van der Waals surface area contributed by atoms with E-state index in [4.69, 9.17) is 11.6 Å². The Hall–Kier alpha value is -4.19. The highest BCUT2D eigenvalue weighted by molar-refractivity contribution is 6.30. The zero-order chi connectivity index (χ0) is 27.2. The van der Waals surface area contributed by atoms with Crippen molar-refractivity contribution >= 4 is 46.6 Å². The Morgan fingerprint density at radius 3 is 2.63 bits per heavy atom. The molecule has 0 saturated heterocycles. The molecule has 38 heavy (non-hydrogen) atoms. The predicted molar refractivity (Wildman–Crippen MR) is 141 cm³/mol. The summed E-state index contributed by atoms with van der Waals surface area (Å²) >= 11 is 6.04. The Bertz CT molecular complexity index is 1360. The van der Waals surface area contributed by atoms with Crippen molar-refractivity contribution in [3.8, 4) is 0 Å². The molecule has 12 nitrogen and oxygen atoms in total. The van der Waals surface area contributed by atoms with Gasteiger partial charge in [0, 0.05) is 50.5 Å². The van der Waals surface area contributed by atoms with Crippen molar-refractivity contribution in [3.63, 3.8) is 0 Å². The Morgan fingerprint density at radius 1 is 1.05 bits per heavy atom. The third-order valence-corrected chi connectivity index (χ3v) is 6.16. The van der Waals surface area contributed by atoms with Crippen LogP contribution in [0.5, 0.6) is 0 Å². The van der Waals surface area contributed by atoms with Crippen molar-refractivity contribution in [2.24, 2.45) is 5.92 Å². The van der Waals surface area contributed by atoms with E-state index in [2.05, 4.69) is 31.2 Å². The maximum absolute atomic E-state index is 13.3. The summed E-state index contributed by atoms with van der Waals surface area (Å²) in [6.07, 6.45) is 4.66. The molecule has 1 aliphatic rings. The maximum atomic E-state index is 13.3. The van der Waals surface area contributed by atoms with E-state index in [1.165, 1.54) is 11.1 Å². The van der Waals surface area contributed by atoms with E-state index in [9.17, 15) is 19.2 Å². The SMILES string of the molecule is CC(C)[C@@H]1NC(=O)c2cc(ccn2)NCCNC(=O)CN(C(=O)c2cn3cc(Cl)ccc3n2)CCNC1=O. The molecule has 4 heterocycles. The normalized spacial score (nSPS) is 17.8. The van der Waals surface area contributed by atoms with Gasteiger partial charge in [0.2, 0.25) is 11.8 Å². The molecule has 4 amide bonds. The molecule has 1 aliphatic heterocycles. The number of nitrogens with zero attached hydrogens (tertiary/aromatic N) is 4.